The Balaban J connectivity index is 1.96. The fourth-order valence-corrected chi connectivity index (χ4v) is 1.20. The van der Waals surface area contributed by atoms with Gasteiger partial charge in [0.15, 0.2) is 0 Å². The number of esters is 1. The van der Waals surface area contributed by atoms with Crippen LogP contribution in [-0.2, 0) is 9.53 Å². The van der Waals surface area contributed by atoms with Crippen molar-refractivity contribution in [2.45, 2.75) is 18.1 Å². The molecule has 2 nitrogen and oxygen atoms in total. The molecule has 1 fully saturated rings. The molecule has 0 aromatic carbocycles. The summed E-state index contributed by atoms with van der Waals surface area (Å²) in [6.07, 6.45) is 1.59. The first-order valence-electron chi connectivity index (χ1n) is 3.01. The summed E-state index contributed by atoms with van der Waals surface area (Å²) in [5.41, 5.74) is 0. The number of hydrogen-bond donors (Lipinski definition) is 0. The molecule has 0 aromatic rings. The second-order valence-electron chi connectivity index (χ2n) is 2.07. The second kappa shape index (κ2) is 3.11. The van der Waals surface area contributed by atoms with Crippen molar-refractivity contribution in [1.29, 1.82) is 0 Å². The van der Waals surface area contributed by atoms with Crippen molar-refractivity contribution < 1.29 is 9.53 Å². The topological polar surface area (TPSA) is 26.3 Å². The number of carbonyl (C=O) groups excluding carboxylic acids is 1. The zero-order valence-electron chi connectivity index (χ0n) is 5.42. The predicted molar refractivity (Wildman–Crippen MR) is 37.5 cm³/mol. The zero-order valence-corrected chi connectivity index (χ0v) is 6.24. The molecule has 0 unspecified atom stereocenters. The van der Waals surface area contributed by atoms with Gasteiger partial charge in [-0.1, -0.05) is 0 Å². The van der Waals surface area contributed by atoms with Crippen LogP contribution in [0.5, 0.6) is 0 Å². The Kier molecular flexibility index (Phi) is 2.39. The van der Waals surface area contributed by atoms with E-state index in [1.54, 1.807) is 0 Å². The lowest BCUT2D eigenvalue weighted by Crippen LogP contribution is -2.00. The minimum Gasteiger partial charge on any atom is -0.469 e. The van der Waals surface area contributed by atoms with Crippen molar-refractivity contribution in [2.75, 3.05) is 12.9 Å². The molecule has 1 aliphatic rings. The van der Waals surface area contributed by atoms with Crippen LogP contribution in [0.1, 0.15) is 12.8 Å². The van der Waals surface area contributed by atoms with Gasteiger partial charge in [-0.3, -0.25) is 4.79 Å². The molecule has 0 amide bonds. The highest BCUT2D eigenvalue weighted by atomic mass is 32.2. The standard InChI is InChI=1S/C6H10O2S/c1-8-6(7)3-2-5-4-9-5/h5H,2-4H2,1H3/t5-/m1/s1. The van der Waals surface area contributed by atoms with Gasteiger partial charge >= 0.3 is 5.97 Å². The molecule has 1 aliphatic heterocycles. The first kappa shape index (κ1) is 6.93. The Morgan fingerprint density at radius 3 is 3.00 bits per heavy atom. The number of carbonyl (C=O) groups is 1. The van der Waals surface area contributed by atoms with E-state index in [0.717, 1.165) is 11.7 Å². The van der Waals surface area contributed by atoms with Gasteiger partial charge in [-0.05, 0) is 6.42 Å². The maximum absolute atomic E-state index is 10.5. The Morgan fingerprint density at radius 1 is 1.89 bits per heavy atom. The summed E-state index contributed by atoms with van der Waals surface area (Å²) < 4.78 is 4.48. The van der Waals surface area contributed by atoms with Crippen molar-refractivity contribution in [3.05, 3.63) is 0 Å². The number of ether oxygens (including phenoxy) is 1. The summed E-state index contributed by atoms with van der Waals surface area (Å²) in [5, 5.41) is 0.754. The van der Waals surface area contributed by atoms with Crippen molar-refractivity contribution >= 4 is 17.7 Å². The number of methoxy groups -OCH3 is 1. The van der Waals surface area contributed by atoms with Crippen LogP contribution < -0.4 is 0 Å². The Bertz CT molecular complexity index is 110. The maximum Gasteiger partial charge on any atom is 0.305 e. The molecule has 1 saturated heterocycles. The van der Waals surface area contributed by atoms with E-state index < -0.39 is 0 Å². The summed E-state index contributed by atoms with van der Waals surface area (Å²) >= 11 is 1.91. The van der Waals surface area contributed by atoms with E-state index in [0.29, 0.717) is 6.42 Å². The maximum atomic E-state index is 10.5. The van der Waals surface area contributed by atoms with Crippen LogP contribution in [0, 0.1) is 0 Å². The lowest BCUT2D eigenvalue weighted by Gasteiger charge is -1.94. The smallest absolute Gasteiger partial charge is 0.305 e. The van der Waals surface area contributed by atoms with Crippen molar-refractivity contribution in [3.8, 4) is 0 Å². The van der Waals surface area contributed by atoms with E-state index in [9.17, 15) is 4.79 Å². The van der Waals surface area contributed by atoms with Crippen LogP contribution >= 0.6 is 11.8 Å². The van der Waals surface area contributed by atoms with Crippen molar-refractivity contribution in [3.63, 3.8) is 0 Å². The van der Waals surface area contributed by atoms with Gasteiger partial charge in [0.25, 0.3) is 0 Å². The average molecular weight is 146 g/mol. The largest absolute Gasteiger partial charge is 0.469 e. The highest BCUT2D eigenvalue weighted by Crippen LogP contribution is 2.33. The van der Waals surface area contributed by atoms with Crippen LogP contribution in [-0.4, -0.2) is 24.1 Å². The molecular formula is C6H10O2S. The number of thioether (sulfide) groups is 1. The molecule has 0 aliphatic carbocycles. The molecule has 1 rings (SSSR count). The highest BCUT2D eigenvalue weighted by Gasteiger charge is 2.22. The van der Waals surface area contributed by atoms with Gasteiger partial charge in [-0.25, -0.2) is 0 Å². The van der Waals surface area contributed by atoms with Crippen LogP contribution in [0.3, 0.4) is 0 Å². The van der Waals surface area contributed by atoms with E-state index in [-0.39, 0.29) is 5.97 Å². The molecule has 9 heavy (non-hydrogen) atoms. The second-order valence-corrected chi connectivity index (χ2v) is 3.40. The molecule has 3 heteroatoms. The Hall–Kier alpha value is -0.180. The van der Waals surface area contributed by atoms with Gasteiger partial charge in [0.1, 0.15) is 0 Å². The van der Waals surface area contributed by atoms with E-state index in [1.165, 1.54) is 12.9 Å². The fraction of sp³-hybridized carbons (Fsp3) is 0.833. The Labute approximate surface area is 59.0 Å². The average Bonchev–Trinajstić information content (AvgIpc) is 2.65. The van der Waals surface area contributed by atoms with Gasteiger partial charge in [0.05, 0.1) is 7.11 Å². The predicted octanol–water partition coefficient (Wildman–Crippen LogP) is 1.05. The Morgan fingerprint density at radius 2 is 2.56 bits per heavy atom. The van der Waals surface area contributed by atoms with Crippen molar-refractivity contribution in [2.24, 2.45) is 0 Å². The molecule has 0 aromatic heterocycles. The third-order valence-electron chi connectivity index (χ3n) is 1.30. The molecule has 0 bridgehead atoms. The third kappa shape index (κ3) is 2.75. The number of hydrogen-bond acceptors (Lipinski definition) is 3. The first-order chi connectivity index (χ1) is 4.33. The minimum absolute atomic E-state index is 0.0810. The fourth-order valence-electron chi connectivity index (χ4n) is 0.616. The third-order valence-corrected chi connectivity index (χ3v) is 2.34. The minimum atomic E-state index is -0.0810. The van der Waals surface area contributed by atoms with Gasteiger partial charge in [0.2, 0.25) is 0 Å². The van der Waals surface area contributed by atoms with Crippen LogP contribution in [0.2, 0.25) is 0 Å². The summed E-state index contributed by atoms with van der Waals surface area (Å²) in [4.78, 5) is 10.5. The lowest BCUT2D eigenvalue weighted by molar-refractivity contribution is -0.140. The normalized spacial score (nSPS) is 23.4. The van der Waals surface area contributed by atoms with E-state index in [4.69, 9.17) is 0 Å². The summed E-state index contributed by atoms with van der Waals surface area (Å²) in [6, 6.07) is 0. The van der Waals surface area contributed by atoms with Crippen LogP contribution in [0.15, 0.2) is 0 Å². The molecule has 1 heterocycles. The van der Waals surface area contributed by atoms with Gasteiger partial charge in [-0.15, -0.1) is 0 Å². The molecule has 0 saturated carbocycles. The van der Waals surface area contributed by atoms with Crippen LogP contribution in [0.25, 0.3) is 0 Å². The highest BCUT2D eigenvalue weighted by molar-refractivity contribution is 8.06. The molecule has 0 N–H and O–H groups in total. The zero-order chi connectivity index (χ0) is 6.69. The first-order valence-corrected chi connectivity index (χ1v) is 4.06. The summed E-state index contributed by atoms with van der Waals surface area (Å²) in [5.74, 6) is 1.15. The lowest BCUT2D eigenvalue weighted by atomic mass is 10.2. The monoisotopic (exact) mass is 146 g/mol. The van der Waals surface area contributed by atoms with Gasteiger partial charge in [0, 0.05) is 17.4 Å². The van der Waals surface area contributed by atoms with E-state index in [1.807, 2.05) is 11.8 Å². The van der Waals surface area contributed by atoms with Gasteiger partial charge in [-0.2, -0.15) is 11.8 Å². The molecule has 52 valence electrons. The SMILES string of the molecule is COC(=O)CC[C@@H]1CS1. The van der Waals surface area contributed by atoms with Crippen LogP contribution in [0.4, 0.5) is 0 Å². The molecule has 1 atom stereocenters. The summed E-state index contributed by atoms with van der Waals surface area (Å²) in [7, 11) is 1.43. The molecular weight excluding hydrogens is 136 g/mol. The van der Waals surface area contributed by atoms with Crippen molar-refractivity contribution in [1.82, 2.24) is 0 Å². The van der Waals surface area contributed by atoms with Gasteiger partial charge < -0.3 is 4.74 Å². The quantitative estimate of drug-likeness (QED) is 0.440. The molecule has 0 radical (unpaired) electrons. The van der Waals surface area contributed by atoms with E-state index in [2.05, 4.69) is 4.74 Å². The molecule has 0 spiro atoms. The van der Waals surface area contributed by atoms with E-state index >= 15 is 0 Å². The number of rotatable bonds is 3. The summed E-state index contributed by atoms with van der Waals surface area (Å²) in [6.45, 7) is 0.